The molecule has 1 fully saturated rings. The van der Waals surface area contributed by atoms with Crippen molar-refractivity contribution in [3.05, 3.63) is 23.2 Å². The summed E-state index contributed by atoms with van der Waals surface area (Å²) in [4.78, 5) is 20.3. The van der Waals surface area contributed by atoms with Crippen LogP contribution >= 0.6 is 11.6 Å². The maximum atomic E-state index is 11.8. The van der Waals surface area contributed by atoms with Crippen molar-refractivity contribution in [1.29, 1.82) is 0 Å². The molecule has 2 aromatic heterocycles. The van der Waals surface area contributed by atoms with Crippen molar-refractivity contribution in [2.75, 3.05) is 6.54 Å². The summed E-state index contributed by atoms with van der Waals surface area (Å²) in [6, 6.07) is 0.368. The minimum atomic E-state index is -0.469. The predicted molar refractivity (Wildman–Crippen MR) is 97.9 cm³/mol. The number of alkyl carbamates (subject to hydrolysis) is 1. The van der Waals surface area contributed by atoms with Crippen molar-refractivity contribution < 1.29 is 9.53 Å². The van der Waals surface area contributed by atoms with Gasteiger partial charge in [0.05, 0.1) is 0 Å². The number of ether oxygens (including phenoxy) is 1. The van der Waals surface area contributed by atoms with Crippen LogP contribution in [0.4, 0.5) is 4.79 Å². The Kier molecular flexibility index (Phi) is 4.91. The molecule has 0 unspecified atom stereocenters. The lowest BCUT2D eigenvalue weighted by Gasteiger charge is -2.20. The first-order valence-corrected chi connectivity index (χ1v) is 9.07. The highest BCUT2D eigenvalue weighted by Crippen LogP contribution is 2.37. The van der Waals surface area contributed by atoms with E-state index in [-0.39, 0.29) is 11.4 Å². The molecule has 2 aromatic rings. The number of hydrogen-bond donors (Lipinski definition) is 1. The Balaban J connectivity index is 1.64. The van der Waals surface area contributed by atoms with E-state index in [1.807, 2.05) is 20.8 Å². The Morgan fingerprint density at radius 3 is 2.92 bits per heavy atom. The van der Waals surface area contributed by atoms with Gasteiger partial charge in [-0.25, -0.2) is 9.78 Å². The minimum Gasteiger partial charge on any atom is -0.444 e. The Bertz CT molecular complexity index is 781. The molecule has 2 atom stereocenters. The summed E-state index contributed by atoms with van der Waals surface area (Å²) in [6.45, 7) is 8.30. The average Bonchev–Trinajstić information content (AvgIpc) is 3.08. The van der Waals surface area contributed by atoms with E-state index in [1.165, 1.54) is 0 Å². The third kappa shape index (κ3) is 4.24. The molecule has 25 heavy (non-hydrogen) atoms. The summed E-state index contributed by atoms with van der Waals surface area (Å²) in [5, 5.41) is 4.20. The maximum absolute atomic E-state index is 11.8. The number of hydrogen-bond acceptors (Lipinski definition) is 4. The minimum absolute atomic E-state index is 0.271. The van der Waals surface area contributed by atoms with Gasteiger partial charge in [-0.15, -0.1) is 0 Å². The molecule has 0 radical (unpaired) electrons. The first kappa shape index (κ1) is 18.0. The molecule has 0 bridgehead atoms. The second kappa shape index (κ2) is 6.83. The molecule has 1 saturated carbocycles. The van der Waals surface area contributed by atoms with Crippen LogP contribution in [0.3, 0.4) is 0 Å². The van der Waals surface area contributed by atoms with Gasteiger partial charge in [0.25, 0.3) is 0 Å². The van der Waals surface area contributed by atoms with E-state index >= 15 is 0 Å². The second-order valence-corrected chi connectivity index (χ2v) is 8.15. The van der Waals surface area contributed by atoms with Gasteiger partial charge < -0.3 is 14.6 Å². The van der Waals surface area contributed by atoms with Crippen molar-refractivity contribution >= 4 is 28.7 Å². The highest BCUT2D eigenvalue weighted by molar-refractivity contribution is 6.28. The highest BCUT2D eigenvalue weighted by Gasteiger charge is 2.28. The Labute approximate surface area is 152 Å². The lowest BCUT2D eigenvalue weighted by atomic mass is 10.1. The third-order valence-corrected chi connectivity index (χ3v) is 4.76. The van der Waals surface area contributed by atoms with Crippen LogP contribution in [-0.2, 0) is 4.74 Å². The molecule has 1 aliphatic rings. The van der Waals surface area contributed by atoms with E-state index < -0.39 is 5.60 Å². The van der Waals surface area contributed by atoms with Gasteiger partial charge in [0.2, 0.25) is 5.28 Å². The lowest BCUT2D eigenvalue weighted by Crippen LogP contribution is -2.34. The van der Waals surface area contributed by atoms with Crippen LogP contribution in [0.15, 0.2) is 12.4 Å². The van der Waals surface area contributed by atoms with E-state index in [0.29, 0.717) is 18.5 Å². The van der Waals surface area contributed by atoms with Gasteiger partial charge in [0.1, 0.15) is 11.2 Å². The zero-order chi connectivity index (χ0) is 18.2. The van der Waals surface area contributed by atoms with Gasteiger partial charge in [-0.2, -0.15) is 4.98 Å². The molecule has 0 saturated heterocycles. The number of rotatable bonds is 3. The highest BCUT2D eigenvalue weighted by atomic mass is 35.5. The van der Waals surface area contributed by atoms with Gasteiger partial charge >= 0.3 is 6.09 Å². The van der Waals surface area contributed by atoms with Gasteiger partial charge in [0.15, 0.2) is 0 Å². The van der Waals surface area contributed by atoms with E-state index in [1.54, 1.807) is 6.20 Å². The van der Waals surface area contributed by atoms with Crippen LogP contribution in [0.25, 0.3) is 11.0 Å². The van der Waals surface area contributed by atoms with Crippen molar-refractivity contribution in [3.8, 4) is 0 Å². The van der Waals surface area contributed by atoms with Gasteiger partial charge in [-0.3, -0.25) is 0 Å². The molecule has 1 aliphatic carbocycles. The van der Waals surface area contributed by atoms with Crippen molar-refractivity contribution in [2.45, 2.75) is 58.6 Å². The summed E-state index contributed by atoms with van der Waals surface area (Å²) >= 11 is 5.98. The molecule has 1 amide bonds. The van der Waals surface area contributed by atoms with Crippen LogP contribution in [0.5, 0.6) is 0 Å². The molecule has 136 valence electrons. The van der Waals surface area contributed by atoms with Gasteiger partial charge in [-0.1, -0.05) is 0 Å². The maximum Gasteiger partial charge on any atom is 0.407 e. The molecule has 0 aromatic carbocycles. The molecule has 1 N–H and O–H groups in total. The predicted octanol–water partition coefficient (Wildman–Crippen LogP) is 4.26. The van der Waals surface area contributed by atoms with E-state index in [9.17, 15) is 4.79 Å². The molecular weight excluding hydrogens is 340 g/mol. The zero-order valence-corrected chi connectivity index (χ0v) is 15.9. The fourth-order valence-corrected chi connectivity index (χ4v) is 3.60. The Morgan fingerprint density at radius 2 is 2.20 bits per heavy atom. The fourth-order valence-electron chi connectivity index (χ4n) is 3.47. The van der Waals surface area contributed by atoms with Gasteiger partial charge in [-0.05, 0) is 70.0 Å². The number of nitrogens with zero attached hydrogens (tertiary/aromatic N) is 3. The number of fused-ring (bicyclic) bond motifs is 1. The van der Waals surface area contributed by atoms with Crippen LogP contribution in [0, 0.1) is 12.8 Å². The summed E-state index contributed by atoms with van der Waals surface area (Å²) in [7, 11) is 0. The number of halogens is 1. The number of carbonyl (C=O) groups excluding carboxylic acids is 1. The first-order chi connectivity index (χ1) is 11.7. The van der Waals surface area contributed by atoms with E-state index in [2.05, 4.69) is 33.0 Å². The molecule has 0 spiro atoms. The third-order valence-electron chi connectivity index (χ3n) is 4.58. The SMILES string of the molecule is Cc1cn([C@H]2CC[C@@H](CNC(=O)OC(C)(C)C)C2)c2nc(Cl)ncc12. The van der Waals surface area contributed by atoms with Crippen LogP contribution in [-0.4, -0.2) is 32.8 Å². The molecule has 2 heterocycles. The second-order valence-electron chi connectivity index (χ2n) is 7.81. The molecule has 7 heteroatoms. The number of aryl methyl sites for hydroxylation is 1. The normalized spacial score (nSPS) is 20.8. The summed E-state index contributed by atoms with van der Waals surface area (Å²) < 4.78 is 7.51. The zero-order valence-electron chi connectivity index (χ0n) is 15.2. The smallest absolute Gasteiger partial charge is 0.407 e. The number of nitrogens with one attached hydrogen (secondary N) is 1. The summed E-state index contributed by atoms with van der Waals surface area (Å²) in [5.41, 5.74) is 1.58. The quantitative estimate of drug-likeness (QED) is 0.826. The van der Waals surface area contributed by atoms with Crippen LogP contribution in [0.1, 0.15) is 51.6 Å². The van der Waals surface area contributed by atoms with Crippen molar-refractivity contribution in [3.63, 3.8) is 0 Å². The number of aromatic nitrogens is 3. The van der Waals surface area contributed by atoms with Crippen LogP contribution in [0.2, 0.25) is 5.28 Å². The molecule has 0 aliphatic heterocycles. The monoisotopic (exact) mass is 364 g/mol. The number of amides is 1. The Morgan fingerprint density at radius 1 is 1.44 bits per heavy atom. The summed E-state index contributed by atoms with van der Waals surface area (Å²) in [5.74, 6) is 0.438. The van der Waals surface area contributed by atoms with E-state index in [0.717, 1.165) is 35.9 Å². The number of carbonyl (C=O) groups is 1. The first-order valence-electron chi connectivity index (χ1n) is 8.69. The lowest BCUT2D eigenvalue weighted by molar-refractivity contribution is 0.0519. The Hall–Kier alpha value is -1.82. The molecule has 6 nitrogen and oxygen atoms in total. The average molecular weight is 365 g/mol. The van der Waals surface area contributed by atoms with Crippen molar-refractivity contribution in [2.24, 2.45) is 5.92 Å². The fraction of sp³-hybridized carbons (Fsp3) is 0.611. The van der Waals surface area contributed by atoms with Crippen LogP contribution < -0.4 is 5.32 Å². The van der Waals surface area contributed by atoms with E-state index in [4.69, 9.17) is 16.3 Å². The largest absolute Gasteiger partial charge is 0.444 e. The molecular formula is C18H25ClN4O2. The van der Waals surface area contributed by atoms with Crippen molar-refractivity contribution in [1.82, 2.24) is 19.9 Å². The van der Waals surface area contributed by atoms with Gasteiger partial charge in [0, 0.05) is 30.4 Å². The molecule has 3 rings (SSSR count). The topological polar surface area (TPSA) is 69.0 Å². The summed E-state index contributed by atoms with van der Waals surface area (Å²) in [6.07, 6.45) is 6.69. The standard InChI is InChI=1S/C18H25ClN4O2/c1-11-10-23(15-14(11)9-20-16(19)22-15)13-6-5-12(7-13)8-21-17(24)25-18(2,3)4/h9-10,12-13H,5-8H2,1-4H3,(H,21,24)/t12-,13+/m1/s1.